The van der Waals surface area contributed by atoms with Gasteiger partial charge in [-0.05, 0) is 49.2 Å². The van der Waals surface area contributed by atoms with Crippen LogP contribution in [0, 0.1) is 13.8 Å². The van der Waals surface area contributed by atoms with Gasteiger partial charge in [0.05, 0.1) is 4.90 Å². The number of benzene rings is 2. The molecule has 0 unspecified atom stereocenters. The van der Waals surface area contributed by atoms with Gasteiger partial charge in [-0.2, -0.15) is 4.31 Å². The summed E-state index contributed by atoms with van der Waals surface area (Å²) in [5.41, 5.74) is 2.22. The molecular formula is C19H23NO5S. The maximum absolute atomic E-state index is 12.7. The highest BCUT2D eigenvalue weighted by atomic mass is 32.2. The predicted molar refractivity (Wildman–Crippen MR) is 98.7 cm³/mol. The number of aryl methyl sites for hydroxylation is 2. The molecule has 0 radical (unpaired) electrons. The highest BCUT2D eigenvalue weighted by molar-refractivity contribution is 7.89. The summed E-state index contributed by atoms with van der Waals surface area (Å²) in [6.45, 7) is 5.38. The number of likely N-dealkylation sites (N-methyl/N-ethyl adjacent to an activating group) is 1. The van der Waals surface area contributed by atoms with E-state index in [2.05, 4.69) is 6.07 Å². The molecule has 0 aliphatic carbocycles. The normalized spacial score (nSPS) is 13.7. The zero-order valence-corrected chi connectivity index (χ0v) is 16.0. The van der Waals surface area contributed by atoms with E-state index in [0.29, 0.717) is 24.7 Å². The van der Waals surface area contributed by atoms with Crippen molar-refractivity contribution in [3.63, 3.8) is 0 Å². The average molecular weight is 377 g/mol. The molecule has 1 aliphatic heterocycles. The summed E-state index contributed by atoms with van der Waals surface area (Å²) in [6.07, 6.45) is 0. The van der Waals surface area contributed by atoms with E-state index in [4.69, 9.17) is 14.2 Å². The number of hydrogen-bond acceptors (Lipinski definition) is 5. The number of ether oxygens (including phenoxy) is 3. The molecule has 0 fully saturated rings. The van der Waals surface area contributed by atoms with Gasteiger partial charge in [-0.1, -0.05) is 6.07 Å². The molecule has 1 aliphatic rings. The van der Waals surface area contributed by atoms with E-state index in [1.807, 2.05) is 26.0 Å². The van der Waals surface area contributed by atoms with Gasteiger partial charge >= 0.3 is 0 Å². The lowest BCUT2D eigenvalue weighted by Crippen LogP contribution is -2.31. The first-order chi connectivity index (χ1) is 12.4. The molecule has 0 saturated carbocycles. The van der Waals surface area contributed by atoms with Crippen molar-refractivity contribution in [2.24, 2.45) is 0 Å². The van der Waals surface area contributed by atoms with Crippen LogP contribution in [-0.2, 0) is 10.0 Å². The Bertz CT molecular complexity index is 875. The van der Waals surface area contributed by atoms with Crippen molar-refractivity contribution in [1.82, 2.24) is 4.31 Å². The number of fused-ring (bicyclic) bond motifs is 1. The summed E-state index contributed by atoms with van der Waals surface area (Å²) in [5, 5.41) is 0. The van der Waals surface area contributed by atoms with E-state index < -0.39 is 10.0 Å². The first-order valence-electron chi connectivity index (χ1n) is 8.43. The van der Waals surface area contributed by atoms with Gasteiger partial charge in [0.1, 0.15) is 25.6 Å². The molecule has 0 amide bonds. The van der Waals surface area contributed by atoms with Crippen LogP contribution in [0.3, 0.4) is 0 Å². The minimum absolute atomic E-state index is 0.177. The summed E-state index contributed by atoms with van der Waals surface area (Å²) in [6, 6.07) is 10.6. The molecule has 0 spiro atoms. The Balaban J connectivity index is 1.65. The molecule has 6 nitrogen and oxygen atoms in total. The lowest BCUT2D eigenvalue weighted by molar-refractivity contribution is 0.171. The van der Waals surface area contributed by atoms with Gasteiger partial charge in [-0.25, -0.2) is 8.42 Å². The molecule has 3 rings (SSSR count). The van der Waals surface area contributed by atoms with Crippen molar-refractivity contribution in [2.75, 3.05) is 33.4 Å². The van der Waals surface area contributed by atoms with Gasteiger partial charge < -0.3 is 14.2 Å². The van der Waals surface area contributed by atoms with Gasteiger partial charge in [0, 0.05) is 19.7 Å². The fourth-order valence-corrected chi connectivity index (χ4v) is 3.96. The maximum atomic E-state index is 12.7. The standard InChI is InChI=1S/C19H23NO5S/c1-14-10-15(2)12-16(11-14)23-7-6-20(3)26(21,22)17-4-5-18-19(13-17)25-9-8-24-18/h4-5,10-13H,6-9H2,1-3H3. The van der Waals surface area contributed by atoms with Crippen LogP contribution in [-0.4, -0.2) is 46.1 Å². The molecule has 0 bridgehead atoms. The van der Waals surface area contributed by atoms with Crippen molar-refractivity contribution < 1.29 is 22.6 Å². The topological polar surface area (TPSA) is 65.1 Å². The molecule has 0 aromatic heterocycles. The Kier molecular flexibility index (Phi) is 5.38. The third-order valence-electron chi connectivity index (χ3n) is 4.09. The number of sulfonamides is 1. The molecule has 140 valence electrons. The number of hydrogen-bond donors (Lipinski definition) is 0. The summed E-state index contributed by atoms with van der Waals surface area (Å²) in [4.78, 5) is 0.177. The summed E-state index contributed by atoms with van der Waals surface area (Å²) >= 11 is 0. The van der Waals surface area contributed by atoms with E-state index in [-0.39, 0.29) is 18.0 Å². The van der Waals surface area contributed by atoms with Gasteiger partial charge in [0.25, 0.3) is 0 Å². The third-order valence-corrected chi connectivity index (χ3v) is 5.94. The summed E-state index contributed by atoms with van der Waals surface area (Å²) < 4.78 is 43.4. The Morgan fingerprint density at radius 1 is 1.00 bits per heavy atom. The van der Waals surface area contributed by atoms with Crippen LogP contribution in [0.5, 0.6) is 17.2 Å². The molecule has 0 N–H and O–H groups in total. The quantitative estimate of drug-likeness (QED) is 0.775. The van der Waals surface area contributed by atoms with Crippen LogP contribution in [0.2, 0.25) is 0 Å². The molecular weight excluding hydrogens is 354 g/mol. The molecule has 0 saturated heterocycles. The van der Waals surface area contributed by atoms with Crippen LogP contribution in [0.4, 0.5) is 0 Å². The monoisotopic (exact) mass is 377 g/mol. The molecule has 26 heavy (non-hydrogen) atoms. The summed E-state index contributed by atoms with van der Waals surface area (Å²) in [5.74, 6) is 1.76. The minimum Gasteiger partial charge on any atom is -0.492 e. The minimum atomic E-state index is -3.63. The summed E-state index contributed by atoms with van der Waals surface area (Å²) in [7, 11) is -2.09. The van der Waals surface area contributed by atoms with Crippen molar-refractivity contribution >= 4 is 10.0 Å². The first-order valence-corrected chi connectivity index (χ1v) is 9.87. The maximum Gasteiger partial charge on any atom is 0.243 e. The van der Waals surface area contributed by atoms with Crippen LogP contribution >= 0.6 is 0 Å². The average Bonchev–Trinajstić information content (AvgIpc) is 2.60. The Morgan fingerprint density at radius 2 is 1.65 bits per heavy atom. The van der Waals surface area contributed by atoms with Crippen LogP contribution in [0.1, 0.15) is 11.1 Å². The van der Waals surface area contributed by atoms with E-state index >= 15 is 0 Å². The Hall–Kier alpha value is -2.25. The SMILES string of the molecule is Cc1cc(C)cc(OCCN(C)S(=O)(=O)c2ccc3c(c2)OCCO3)c1. The molecule has 7 heteroatoms. The molecule has 1 heterocycles. The molecule has 2 aromatic rings. The first kappa shape index (κ1) is 18.5. The zero-order chi connectivity index (χ0) is 18.7. The van der Waals surface area contributed by atoms with Gasteiger partial charge in [-0.15, -0.1) is 0 Å². The number of nitrogens with zero attached hydrogens (tertiary/aromatic N) is 1. The highest BCUT2D eigenvalue weighted by Gasteiger charge is 2.23. The smallest absolute Gasteiger partial charge is 0.243 e. The van der Waals surface area contributed by atoms with Crippen molar-refractivity contribution in [3.05, 3.63) is 47.5 Å². The van der Waals surface area contributed by atoms with Crippen LogP contribution in [0.25, 0.3) is 0 Å². The zero-order valence-electron chi connectivity index (χ0n) is 15.2. The molecule has 0 atom stereocenters. The van der Waals surface area contributed by atoms with E-state index in [1.165, 1.54) is 23.5 Å². The second-order valence-electron chi connectivity index (χ2n) is 6.30. The van der Waals surface area contributed by atoms with Crippen LogP contribution < -0.4 is 14.2 Å². The fraction of sp³-hybridized carbons (Fsp3) is 0.368. The third kappa shape index (κ3) is 4.11. The Morgan fingerprint density at radius 3 is 2.35 bits per heavy atom. The van der Waals surface area contributed by atoms with Crippen LogP contribution in [0.15, 0.2) is 41.3 Å². The second kappa shape index (κ2) is 7.55. The van der Waals surface area contributed by atoms with E-state index in [0.717, 1.165) is 16.9 Å². The van der Waals surface area contributed by atoms with Crippen molar-refractivity contribution in [2.45, 2.75) is 18.7 Å². The van der Waals surface area contributed by atoms with Crippen molar-refractivity contribution in [3.8, 4) is 17.2 Å². The van der Waals surface area contributed by atoms with Crippen molar-refractivity contribution in [1.29, 1.82) is 0 Å². The second-order valence-corrected chi connectivity index (χ2v) is 8.35. The fourth-order valence-electron chi connectivity index (χ4n) is 2.79. The number of rotatable bonds is 6. The largest absolute Gasteiger partial charge is 0.492 e. The predicted octanol–water partition coefficient (Wildman–Crippen LogP) is 2.77. The Labute approximate surface area is 154 Å². The lowest BCUT2D eigenvalue weighted by atomic mass is 10.1. The van der Waals surface area contributed by atoms with Gasteiger partial charge in [-0.3, -0.25) is 0 Å². The van der Waals surface area contributed by atoms with E-state index in [1.54, 1.807) is 6.07 Å². The highest BCUT2D eigenvalue weighted by Crippen LogP contribution is 2.32. The molecule has 2 aromatic carbocycles. The van der Waals surface area contributed by atoms with Gasteiger partial charge in [0.2, 0.25) is 10.0 Å². The van der Waals surface area contributed by atoms with E-state index in [9.17, 15) is 8.42 Å². The lowest BCUT2D eigenvalue weighted by Gasteiger charge is -2.21. The van der Waals surface area contributed by atoms with Gasteiger partial charge in [0.15, 0.2) is 11.5 Å².